The Morgan fingerprint density at radius 2 is 2.11 bits per heavy atom. The third-order valence-corrected chi connectivity index (χ3v) is 1.92. The number of carbonyl (C=O) groups excluding carboxylic acids is 1. The summed E-state index contributed by atoms with van der Waals surface area (Å²) in [6, 6.07) is 1.05. The highest BCUT2D eigenvalue weighted by Crippen LogP contribution is 2.20. The van der Waals surface area contributed by atoms with E-state index in [1.807, 2.05) is 0 Å². The minimum atomic E-state index is -1.28. The van der Waals surface area contributed by atoms with Crippen LogP contribution in [0.3, 0.4) is 0 Å². The summed E-state index contributed by atoms with van der Waals surface area (Å²) in [5.41, 5.74) is -1.23. The summed E-state index contributed by atoms with van der Waals surface area (Å²) in [5.74, 6) is 1.53. The van der Waals surface area contributed by atoms with E-state index >= 15 is 0 Å². The molecule has 0 aliphatic heterocycles. The second kappa shape index (κ2) is 5.72. The molecular formula is C11H7F2NO4. The van der Waals surface area contributed by atoms with Crippen LogP contribution >= 0.6 is 0 Å². The number of halogens is 2. The second-order valence-corrected chi connectivity index (χ2v) is 3.10. The number of nitrogens with zero attached hydrogens (tertiary/aromatic N) is 1. The number of esters is 1. The molecule has 0 radical (unpaired) electrons. The van der Waals surface area contributed by atoms with Gasteiger partial charge in [0, 0.05) is 12.1 Å². The molecule has 18 heavy (non-hydrogen) atoms. The maximum atomic E-state index is 13.2. The fourth-order valence-electron chi connectivity index (χ4n) is 1.06. The maximum Gasteiger partial charge on any atom is 0.317 e. The van der Waals surface area contributed by atoms with Crippen molar-refractivity contribution in [1.82, 2.24) is 0 Å². The zero-order valence-corrected chi connectivity index (χ0v) is 9.20. The molecule has 0 N–H and O–H groups in total. The average molecular weight is 255 g/mol. The minimum Gasteiger partial charge on any atom is -0.468 e. The Bertz CT molecular complexity index is 560. The fourth-order valence-corrected chi connectivity index (χ4v) is 1.06. The lowest BCUT2D eigenvalue weighted by Gasteiger charge is -1.97. The molecule has 0 saturated heterocycles. The summed E-state index contributed by atoms with van der Waals surface area (Å²) in [4.78, 5) is 20.2. The van der Waals surface area contributed by atoms with Crippen molar-refractivity contribution in [3.05, 3.63) is 39.4 Å². The summed E-state index contributed by atoms with van der Waals surface area (Å²) in [6.07, 6.45) is -0.291. The molecule has 94 valence electrons. The second-order valence-electron chi connectivity index (χ2n) is 3.10. The van der Waals surface area contributed by atoms with Crippen molar-refractivity contribution in [3.8, 4) is 11.8 Å². The Balaban J connectivity index is 3.06. The lowest BCUT2D eigenvalue weighted by atomic mass is 10.2. The molecule has 7 heteroatoms. The molecule has 5 nitrogen and oxygen atoms in total. The normalized spacial score (nSPS) is 9.28. The average Bonchev–Trinajstić information content (AvgIpc) is 2.31. The van der Waals surface area contributed by atoms with E-state index in [0.29, 0.717) is 12.1 Å². The molecule has 0 saturated carbocycles. The van der Waals surface area contributed by atoms with Gasteiger partial charge in [0.2, 0.25) is 5.82 Å². The van der Waals surface area contributed by atoms with Crippen LogP contribution in [0.2, 0.25) is 0 Å². The summed E-state index contributed by atoms with van der Waals surface area (Å²) in [5, 5.41) is 10.4. The number of benzene rings is 1. The predicted molar refractivity (Wildman–Crippen MR) is 56.5 cm³/mol. The van der Waals surface area contributed by atoms with Crippen LogP contribution in [-0.4, -0.2) is 18.0 Å². The van der Waals surface area contributed by atoms with Gasteiger partial charge in [-0.2, -0.15) is 4.39 Å². The zero-order chi connectivity index (χ0) is 13.7. The summed E-state index contributed by atoms with van der Waals surface area (Å²) in [6.45, 7) is 0. The predicted octanol–water partition coefficient (Wildman–Crippen LogP) is 1.79. The van der Waals surface area contributed by atoms with Crippen molar-refractivity contribution in [1.29, 1.82) is 0 Å². The van der Waals surface area contributed by atoms with E-state index in [1.165, 1.54) is 0 Å². The van der Waals surface area contributed by atoms with Crippen molar-refractivity contribution < 1.29 is 23.2 Å². The van der Waals surface area contributed by atoms with Crippen LogP contribution in [0.15, 0.2) is 12.1 Å². The topological polar surface area (TPSA) is 69.4 Å². The molecule has 0 aliphatic rings. The van der Waals surface area contributed by atoms with Gasteiger partial charge in [0.25, 0.3) is 0 Å². The number of rotatable bonds is 2. The van der Waals surface area contributed by atoms with E-state index in [1.54, 1.807) is 0 Å². The van der Waals surface area contributed by atoms with E-state index in [-0.39, 0.29) is 12.0 Å². The van der Waals surface area contributed by atoms with Crippen molar-refractivity contribution in [2.45, 2.75) is 6.42 Å². The van der Waals surface area contributed by atoms with Gasteiger partial charge >= 0.3 is 11.7 Å². The van der Waals surface area contributed by atoms with Crippen LogP contribution in [0.4, 0.5) is 14.5 Å². The molecule has 0 heterocycles. The van der Waals surface area contributed by atoms with Crippen molar-refractivity contribution in [3.63, 3.8) is 0 Å². The number of hydrogen-bond donors (Lipinski definition) is 0. The van der Waals surface area contributed by atoms with Crippen molar-refractivity contribution in [2.75, 3.05) is 7.11 Å². The molecule has 0 bridgehead atoms. The largest absolute Gasteiger partial charge is 0.468 e. The summed E-state index contributed by atoms with van der Waals surface area (Å²) < 4.78 is 30.5. The lowest BCUT2D eigenvalue weighted by Crippen LogP contribution is -1.98. The Hall–Kier alpha value is -2.49. The molecule has 1 rings (SSSR count). The summed E-state index contributed by atoms with van der Waals surface area (Å²) >= 11 is 0. The van der Waals surface area contributed by atoms with Gasteiger partial charge in [0.05, 0.1) is 17.6 Å². The first kappa shape index (κ1) is 13.6. The van der Waals surface area contributed by atoms with Gasteiger partial charge in [-0.3, -0.25) is 14.9 Å². The van der Waals surface area contributed by atoms with Crippen molar-refractivity contribution in [2.24, 2.45) is 0 Å². The van der Waals surface area contributed by atoms with E-state index in [2.05, 4.69) is 16.6 Å². The van der Waals surface area contributed by atoms with Crippen molar-refractivity contribution >= 4 is 11.7 Å². The first-order chi connectivity index (χ1) is 8.45. The number of ether oxygens (including phenoxy) is 1. The zero-order valence-electron chi connectivity index (χ0n) is 9.20. The van der Waals surface area contributed by atoms with Gasteiger partial charge in [0.15, 0.2) is 0 Å². The molecule has 0 unspecified atom stereocenters. The first-order valence-corrected chi connectivity index (χ1v) is 4.65. The quantitative estimate of drug-likeness (QED) is 0.349. The van der Waals surface area contributed by atoms with Crippen LogP contribution in [0.25, 0.3) is 0 Å². The van der Waals surface area contributed by atoms with Gasteiger partial charge in [-0.25, -0.2) is 4.39 Å². The van der Waals surface area contributed by atoms with E-state index in [0.717, 1.165) is 7.11 Å². The molecule has 0 fully saturated rings. The molecule has 0 atom stereocenters. The highest BCUT2D eigenvalue weighted by atomic mass is 19.1. The summed E-state index contributed by atoms with van der Waals surface area (Å²) in [7, 11) is 1.16. The van der Waals surface area contributed by atoms with Crippen LogP contribution in [0, 0.1) is 33.6 Å². The number of hydrogen-bond acceptors (Lipinski definition) is 4. The van der Waals surface area contributed by atoms with E-state index < -0.39 is 28.2 Å². The Morgan fingerprint density at radius 3 is 2.67 bits per heavy atom. The lowest BCUT2D eigenvalue weighted by molar-refractivity contribution is -0.387. The Labute approximate surface area is 101 Å². The maximum absolute atomic E-state index is 13.2. The highest BCUT2D eigenvalue weighted by Gasteiger charge is 2.17. The molecule has 1 aromatic rings. The van der Waals surface area contributed by atoms with Crippen LogP contribution in [0.1, 0.15) is 12.0 Å². The van der Waals surface area contributed by atoms with Gasteiger partial charge in [-0.1, -0.05) is 11.8 Å². The minimum absolute atomic E-state index is 0.291. The van der Waals surface area contributed by atoms with Crippen LogP contribution in [0.5, 0.6) is 0 Å². The first-order valence-electron chi connectivity index (χ1n) is 4.65. The van der Waals surface area contributed by atoms with Gasteiger partial charge < -0.3 is 4.74 Å². The smallest absolute Gasteiger partial charge is 0.317 e. The van der Waals surface area contributed by atoms with Crippen LogP contribution < -0.4 is 0 Å². The Morgan fingerprint density at radius 1 is 1.44 bits per heavy atom. The Kier molecular flexibility index (Phi) is 4.32. The van der Waals surface area contributed by atoms with E-state index in [9.17, 15) is 23.7 Å². The number of nitro groups is 1. The number of carbonyl (C=O) groups is 1. The molecule has 0 aliphatic carbocycles. The molecule has 1 aromatic carbocycles. The SMILES string of the molecule is COC(=O)CC#Cc1cc([N+](=O)[O-])c(F)cc1F. The molecule has 0 amide bonds. The van der Waals surface area contributed by atoms with E-state index in [4.69, 9.17) is 0 Å². The van der Waals surface area contributed by atoms with Crippen LogP contribution in [-0.2, 0) is 9.53 Å². The third kappa shape index (κ3) is 3.25. The van der Waals surface area contributed by atoms with Gasteiger partial charge in [0.1, 0.15) is 12.2 Å². The van der Waals surface area contributed by atoms with Gasteiger partial charge in [-0.15, -0.1) is 0 Å². The molecule has 0 aromatic heterocycles. The standard InChI is InChI=1S/C11H7F2NO4/c1-18-11(15)4-2-3-7-5-10(14(16)17)9(13)6-8(7)12/h5-6H,4H2,1H3. The van der Waals surface area contributed by atoms with Gasteiger partial charge in [-0.05, 0) is 0 Å². The fraction of sp³-hybridized carbons (Fsp3) is 0.182. The highest BCUT2D eigenvalue weighted by molar-refractivity contribution is 5.72. The number of nitro benzene ring substituents is 1. The monoisotopic (exact) mass is 255 g/mol. The molecular weight excluding hydrogens is 248 g/mol. The third-order valence-electron chi connectivity index (χ3n) is 1.92. The number of methoxy groups -OCH3 is 1. The molecule has 0 spiro atoms.